The summed E-state index contributed by atoms with van der Waals surface area (Å²) in [6.45, 7) is 0.365. The van der Waals surface area contributed by atoms with Gasteiger partial charge in [0.1, 0.15) is 17.6 Å². The van der Waals surface area contributed by atoms with Crippen molar-refractivity contribution in [2.24, 2.45) is 0 Å². The normalized spacial score (nSPS) is 18.1. The Hall–Kier alpha value is -2.45. The molecule has 2 N–H and O–H groups in total. The van der Waals surface area contributed by atoms with Crippen LogP contribution in [0.15, 0.2) is 6.07 Å². The molecule has 1 aliphatic rings. The molecule has 0 aromatic carbocycles. The zero-order valence-corrected chi connectivity index (χ0v) is 10.7. The molecule has 0 unspecified atom stereocenters. The van der Waals surface area contributed by atoms with Crippen LogP contribution >= 0.6 is 0 Å². The van der Waals surface area contributed by atoms with E-state index < -0.39 is 22.8 Å². The molecule has 2 heterocycles. The number of nitro groups is 1. The molecule has 0 amide bonds. The molecule has 1 aromatic heterocycles. The van der Waals surface area contributed by atoms with Crippen LogP contribution in [0.5, 0.6) is 0 Å². The highest BCUT2D eigenvalue weighted by atomic mass is 19.1. The highest BCUT2D eigenvalue weighted by molar-refractivity contribution is 5.95. The second kappa shape index (κ2) is 5.27. The largest absolute Gasteiger partial charge is 0.478 e. The van der Waals surface area contributed by atoms with Gasteiger partial charge in [0, 0.05) is 19.7 Å². The number of alkyl halides is 1. The van der Waals surface area contributed by atoms with Gasteiger partial charge in [0.15, 0.2) is 0 Å². The van der Waals surface area contributed by atoms with Crippen LogP contribution in [0.25, 0.3) is 0 Å². The van der Waals surface area contributed by atoms with Gasteiger partial charge in [-0.05, 0) is 6.42 Å². The summed E-state index contributed by atoms with van der Waals surface area (Å²) >= 11 is 0. The first-order valence-corrected chi connectivity index (χ1v) is 5.93. The number of carbonyl (C=O) groups is 1. The van der Waals surface area contributed by atoms with E-state index in [0.29, 0.717) is 6.54 Å². The number of carboxylic acids is 1. The standard InChI is InChI=1S/C11H13FN4O4/c1-13-9-8(16(19)20)4-7(11(17)18)10(14-9)15-3-2-6(12)5-15/h4,6H,2-3,5H2,1H3,(H,13,14)(H,17,18)/t6-/m1/s1. The first-order chi connectivity index (χ1) is 9.43. The van der Waals surface area contributed by atoms with Crippen molar-refractivity contribution in [1.29, 1.82) is 0 Å². The lowest BCUT2D eigenvalue weighted by Crippen LogP contribution is -2.24. The Morgan fingerprint density at radius 2 is 2.40 bits per heavy atom. The molecule has 2 rings (SSSR count). The minimum atomic E-state index is -1.33. The molecule has 1 aromatic rings. The van der Waals surface area contributed by atoms with Crippen molar-refractivity contribution in [1.82, 2.24) is 4.98 Å². The number of rotatable bonds is 4. The maximum atomic E-state index is 13.2. The zero-order valence-electron chi connectivity index (χ0n) is 10.7. The minimum Gasteiger partial charge on any atom is -0.478 e. The Morgan fingerprint density at radius 1 is 1.70 bits per heavy atom. The van der Waals surface area contributed by atoms with E-state index in [-0.39, 0.29) is 30.2 Å². The number of pyridine rings is 1. The predicted molar refractivity (Wildman–Crippen MR) is 69.1 cm³/mol. The third kappa shape index (κ3) is 2.46. The summed E-state index contributed by atoms with van der Waals surface area (Å²) in [7, 11) is 1.45. The zero-order chi connectivity index (χ0) is 14.9. The van der Waals surface area contributed by atoms with Crippen molar-refractivity contribution in [3.63, 3.8) is 0 Å². The number of nitrogens with one attached hydrogen (secondary N) is 1. The molecule has 0 bridgehead atoms. The quantitative estimate of drug-likeness (QED) is 0.633. The second-order valence-electron chi connectivity index (χ2n) is 4.37. The molecule has 1 atom stereocenters. The molecule has 8 nitrogen and oxygen atoms in total. The van der Waals surface area contributed by atoms with Gasteiger partial charge in [-0.2, -0.15) is 0 Å². The lowest BCUT2D eigenvalue weighted by Gasteiger charge is -2.19. The van der Waals surface area contributed by atoms with Crippen molar-refractivity contribution in [3.8, 4) is 0 Å². The van der Waals surface area contributed by atoms with Crippen LogP contribution in [0.4, 0.5) is 21.7 Å². The lowest BCUT2D eigenvalue weighted by atomic mass is 10.2. The fourth-order valence-electron chi connectivity index (χ4n) is 2.12. The number of aromatic nitrogens is 1. The summed E-state index contributed by atoms with van der Waals surface area (Å²) in [5, 5.41) is 22.6. The Morgan fingerprint density at radius 3 is 2.85 bits per heavy atom. The first kappa shape index (κ1) is 14.0. The predicted octanol–water partition coefficient (Wildman–Crippen LogP) is 1.28. The monoisotopic (exact) mass is 284 g/mol. The van der Waals surface area contributed by atoms with Crippen LogP contribution in [0, 0.1) is 10.1 Å². The molecule has 1 aliphatic heterocycles. The highest BCUT2D eigenvalue weighted by Crippen LogP contribution is 2.31. The van der Waals surface area contributed by atoms with Gasteiger partial charge >= 0.3 is 11.7 Å². The molecule has 9 heteroatoms. The molecule has 0 spiro atoms. The van der Waals surface area contributed by atoms with E-state index in [2.05, 4.69) is 10.3 Å². The number of carboxylic acid groups (broad SMARTS) is 1. The maximum absolute atomic E-state index is 13.2. The van der Waals surface area contributed by atoms with E-state index in [0.717, 1.165) is 6.07 Å². The van der Waals surface area contributed by atoms with Gasteiger partial charge in [0.25, 0.3) is 0 Å². The van der Waals surface area contributed by atoms with Crippen LogP contribution < -0.4 is 10.2 Å². The van der Waals surface area contributed by atoms with Gasteiger partial charge in [-0.25, -0.2) is 14.2 Å². The Labute approximate surface area is 113 Å². The van der Waals surface area contributed by atoms with Crippen molar-refractivity contribution in [2.45, 2.75) is 12.6 Å². The highest BCUT2D eigenvalue weighted by Gasteiger charge is 2.30. The third-order valence-corrected chi connectivity index (χ3v) is 3.08. The van der Waals surface area contributed by atoms with E-state index in [1.165, 1.54) is 11.9 Å². The number of anilines is 2. The third-order valence-electron chi connectivity index (χ3n) is 3.08. The van der Waals surface area contributed by atoms with Crippen LogP contribution in [-0.4, -0.2) is 47.3 Å². The molecule has 0 aliphatic carbocycles. The van der Waals surface area contributed by atoms with Crippen molar-refractivity contribution >= 4 is 23.3 Å². The van der Waals surface area contributed by atoms with Gasteiger partial charge < -0.3 is 15.3 Å². The van der Waals surface area contributed by atoms with E-state index >= 15 is 0 Å². The van der Waals surface area contributed by atoms with Gasteiger partial charge in [-0.3, -0.25) is 10.1 Å². The molecule has 0 saturated carbocycles. The summed E-state index contributed by atoms with van der Waals surface area (Å²) in [6.07, 6.45) is -0.765. The molecule has 0 radical (unpaired) electrons. The van der Waals surface area contributed by atoms with E-state index in [1.54, 1.807) is 0 Å². The summed E-state index contributed by atoms with van der Waals surface area (Å²) in [5.74, 6) is -1.33. The first-order valence-electron chi connectivity index (χ1n) is 5.93. The van der Waals surface area contributed by atoms with Gasteiger partial charge in [-0.15, -0.1) is 0 Å². The van der Waals surface area contributed by atoms with E-state index in [4.69, 9.17) is 5.11 Å². The molecular weight excluding hydrogens is 271 g/mol. The number of nitrogens with zero attached hydrogens (tertiary/aromatic N) is 3. The average molecular weight is 284 g/mol. The fourth-order valence-corrected chi connectivity index (χ4v) is 2.12. The summed E-state index contributed by atoms with van der Waals surface area (Å²) in [4.78, 5) is 26.9. The van der Waals surface area contributed by atoms with Crippen LogP contribution in [0.1, 0.15) is 16.8 Å². The Kier molecular flexibility index (Phi) is 3.68. The molecule has 20 heavy (non-hydrogen) atoms. The topological polar surface area (TPSA) is 109 Å². The molecule has 1 fully saturated rings. The number of hydrogen-bond donors (Lipinski definition) is 2. The molecule has 1 saturated heterocycles. The fraction of sp³-hybridized carbons (Fsp3) is 0.455. The number of hydrogen-bond acceptors (Lipinski definition) is 6. The minimum absolute atomic E-state index is 0.0360. The maximum Gasteiger partial charge on any atom is 0.339 e. The van der Waals surface area contributed by atoms with Crippen LogP contribution in [-0.2, 0) is 0 Å². The van der Waals surface area contributed by atoms with Gasteiger partial charge in [0.05, 0.1) is 11.5 Å². The lowest BCUT2D eigenvalue weighted by molar-refractivity contribution is -0.384. The van der Waals surface area contributed by atoms with Crippen molar-refractivity contribution in [2.75, 3.05) is 30.4 Å². The van der Waals surface area contributed by atoms with Crippen LogP contribution in [0.2, 0.25) is 0 Å². The summed E-state index contributed by atoms with van der Waals surface area (Å²) < 4.78 is 13.2. The molecular formula is C11H13FN4O4. The van der Waals surface area contributed by atoms with Crippen molar-refractivity contribution < 1.29 is 19.2 Å². The Balaban J connectivity index is 2.54. The second-order valence-corrected chi connectivity index (χ2v) is 4.37. The number of halogens is 1. The summed E-state index contributed by atoms with van der Waals surface area (Å²) in [5.41, 5.74) is -0.727. The smallest absolute Gasteiger partial charge is 0.339 e. The number of aromatic carboxylic acids is 1. The van der Waals surface area contributed by atoms with E-state index in [1.807, 2.05) is 0 Å². The Bertz CT molecular complexity index is 566. The summed E-state index contributed by atoms with van der Waals surface area (Å²) in [6, 6.07) is 0.946. The average Bonchev–Trinajstić information content (AvgIpc) is 2.83. The van der Waals surface area contributed by atoms with Crippen molar-refractivity contribution in [3.05, 3.63) is 21.7 Å². The van der Waals surface area contributed by atoms with E-state index in [9.17, 15) is 19.3 Å². The SMILES string of the molecule is CNc1nc(N2CC[C@@H](F)C2)c(C(=O)O)cc1[N+](=O)[O-]. The molecule has 108 valence electrons. The van der Waals surface area contributed by atoms with Gasteiger partial charge in [0.2, 0.25) is 5.82 Å². The van der Waals surface area contributed by atoms with Crippen LogP contribution in [0.3, 0.4) is 0 Å². The van der Waals surface area contributed by atoms with Gasteiger partial charge in [-0.1, -0.05) is 0 Å².